The first kappa shape index (κ1) is 21.4. The maximum Gasteiger partial charge on any atom is 0.573 e. The van der Waals surface area contributed by atoms with Gasteiger partial charge in [0.15, 0.2) is 10.9 Å². The standard InChI is InChI=1S/C19H23F3N4O2S/c1-12(2)16-15(24-18(29-16)26-10-8-25(3)9-11-26)17(27)23-13-6-4-5-7-14(13)28-19(20,21)22/h4-7,12H,8-11H2,1-3H3,(H,23,27). The molecule has 1 fully saturated rings. The number of hydrogen-bond donors (Lipinski definition) is 1. The molecule has 0 spiro atoms. The molecule has 0 unspecified atom stereocenters. The third-order valence-corrected chi connectivity index (χ3v) is 5.93. The molecule has 6 nitrogen and oxygen atoms in total. The van der Waals surface area contributed by atoms with E-state index in [1.807, 2.05) is 13.8 Å². The number of alkyl halides is 3. The Labute approximate surface area is 171 Å². The Balaban J connectivity index is 1.84. The molecule has 1 amide bonds. The van der Waals surface area contributed by atoms with Gasteiger partial charge in [0.05, 0.1) is 5.69 Å². The van der Waals surface area contributed by atoms with E-state index in [0.717, 1.165) is 42.3 Å². The van der Waals surface area contributed by atoms with Crippen molar-refractivity contribution in [1.29, 1.82) is 0 Å². The number of hydrogen-bond acceptors (Lipinski definition) is 6. The molecule has 29 heavy (non-hydrogen) atoms. The van der Waals surface area contributed by atoms with E-state index in [0.29, 0.717) is 0 Å². The Hall–Kier alpha value is -2.33. The van der Waals surface area contributed by atoms with Gasteiger partial charge >= 0.3 is 6.36 Å². The van der Waals surface area contributed by atoms with Gasteiger partial charge in [0.2, 0.25) is 0 Å². The van der Waals surface area contributed by atoms with Crippen LogP contribution in [0.15, 0.2) is 24.3 Å². The largest absolute Gasteiger partial charge is 0.573 e. The number of piperazine rings is 1. The molecule has 0 saturated carbocycles. The lowest BCUT2D eigenvalue weighted by Crippen LogP contribution is -2.44. The average Bonchev–Trinajstić information content (AvgIpc) is 3.08. The van der Waals surface area contributed by atoms with Crippen molar-refractivity contribution in [2.45, 2.75) is 26.1 Å². The van der Waals surface area contributed by atoms with Crippen molar-refractivity contribution in [2.75, 3.05) is 43.4 Å². The fourth-order valence-electron chi connectivity index (χ4n) is 2.97. The van der Waals surface area contributed by atoms with Gasteiger partial charge in [-0.05, 0) is 25.1 Å². The van der Waals surface area contributed by atoms with Crippen LogP contribution in [0.4, 0.5) is 24.0 Å². The number of thiazole rings is 1. The predicted molar refractivity (Wildman–Crippen MR) is 107 cm³/mol. The molecule has 10 heteroatoms. The van der Waals surface area contributed by atoms with E-state index in [1.54, 1.807) is 0 Å². The summed E-state index contributed by atoms with van der Waals surface area (Å²) in [6.45, 7) is 7.34. The van der Waals surface area contributed by atoms with Crippen molar-refractivity contribution < 1.29 is 22.7 Å². The molecule has 1 N–H and O–H groups in total. The fourth-order valence-corrected chi connectivity index (χ4v) is 4.09. The molecule has 0 atom stereocenters. The lowest BCUT2D eigenvalue weighted by atomic mass is 10.1. The van der Waals surface area contributed by atoms with Crippen LogP contribution < -0.4 is 15.0 Å². The number of para-hydroxylation sites is 2. The zero-order valence-corrected chi connectivity index (χ0v) is 17.2. The summed E-state index contributed by atoms with van der Waals surface area (Å²) < 4.78 is 41.9. The van der Waals surface area contributed by atoms with E-state index in [1.165, 1.54) is 29.5 Å². The third kappa shape index (κ3) is 5.39. The van der Waals surface area contributed by atoms with E-state index >= 15 is 0 Å². The smallest absolute Gasteiger partial charge is 0.404 e. The lowest BCUT2D eigenvalue weighted by molar-refractivity contribution is -0.274. The van der Waals surface area contributed by atoms with Gasteiger partial charge in [-0.25, -0.2) is 4.98 Å². The van der Waals surface area contributed by atoms with E-state index < -0.39 is 18.0 Å². The normalized spacial score (nSPS) is 15.6. The molecular formula is C19H23F3N4O2S. The zero-order valence-electron chi connectivity index (χ0n) is 16.4. The van der Waals surface area contributed by atoms with E-state index in [-0.39, 0.29) is 17.3 Å². The molecule has 0 radical (unpaired) electrons. The molecule has 1 aliphatic rings. The van der Waals surface area contributed by atoms with Crippen LogP contribution in [-0.4, -0.2) is 55.4 Å². The van der Waals surface area contributed by atoms with E-state index in [9.17, 15) is 18.0 Å². The molecule has 1 aromatic carbocycles. The number of carbonyl (C=O) groups is 1. The van der Waals surface area contributed by atoms with Crippen LogP contribution in [0.5, 0.6) is 5.75 Å². The van der Waals surface area contributed by atoms with Gasteiger partial charge in [0.1, 0.15) is 5.69 Å². The van der Waals surface area contributed by atoms with Gasteiger partial charge in [-0.3, -0.25) is 4.79 Å². The third-order valence-electron chi connectivity index (χ3n) is 4.52. The van der Waals surface area contributed by atoms with Crippen molar-refractivity contribution in [2.24, 2.45) is 0 Å². The summed E-state index contributed by atoms with van der Waals surface area (Å²) in [7, 11) is 2.05. The van der Waals surface area contributed by atoms with Crippen molar-refractivity contribution in [3.8, 4) is 5.75 Å². The topological polar surface area (TPSA) is 57.7 Å². The number of benzene rings is 1. The predicted octanol–water partition coefficient (Wildman–Crippen LogP) is 4.17. The Morgan fingerprint density at radius 2 is 1.86 bits per heavy atom. The Kier molecular flexibility index (Phi) is 6.33. The van der Waals surface area contributed by atoms with E-state index in [4.69, 9.17) is 0 Å². The molecular weight excluding hydrogens is 405 g/mol. The second kappa shape index (κ2) is 8.58. The fraction of sp³-hybridized carbons (Fsp3) is 0.474. The van der Waals surface area contributed by atoms with E-state index in [2.05, 4.69) is 31.9 Å². The number of likely N-dealkylation sites (N-methyl/N-ethyl adjacent to an activating group) is 1. The quantitative estimate of drug-likeness (QED) is 0.775. The first-order chi connectivity index (χ1) is 13.6. The van der Waals surface area contributed by atoms with Gasteiger partial charge in [0, 0.05) is 31.1 Å². The molecule has 1 aliphatic heterocycles. The highest BCUT2D eigenvalue weighted by atomic mass is 32.1. The van der Waals surface area contributed by atoms with Crippen LogP contribution >= 0.6 is 11.3 Å². The number of aromatic nitrogens is 1. The second-order valence-corrected chi connectivity index (χ2v) is 8.16. The minimum absolute atomic E-state index is 0.0520. The van der Waals surface area contributed by atoms with Gasteiger partial charge in [0.25, 0.3) is 5.91 Å². The van der Waals surface area contributed by atoms with Crippen LogP contribution in [0.1, 0.15) is 35.1 Å². The Morgan fingerprint density at radius 1 is 1.21 bits per heavy atom. The number of halogens is 3. The maximum absolute atomic E-state index is 12.9. The van der Waals surface area contributed by atoms with Crippen LogP contribution in [-0.2, 0) is 0 Å². The van der Waals surface area contributed by atoms with Gasteiger partial charge < -0.3 is 19.9 Å². The Bertz CT molecular complexity index is 861. The monoisotopic (exact) mass is 428 g/mol. The summed E-state index contributed by atoms with van der Waals surface area (Å²) in [4.78, 5) is 22.6. The number of anilines is 2. The van der Waals surface area contributed by atoms with Gasteiger partial charge in [-0.15, -0.1) is 24.5 Å². The van der Waals surface area contributed by atoms with Crippen LogP contribution in [0.3, 0.4) is 0 Å². The zero-order chi connectivity index (χ0) is 21.2. The Morgan fingerprint density at radius 3 is 2.48 bits per heavy atom. The highest BCUT2D eigenvalue weighted by Crippen LogP contribution is 2.34. The van der Waals surface area contributed by atoms with Gasteiger partial charge in [-0.1, -0.05) is 26.0 Å². The summed E-state index contributed by atoms with van der Waals surface area (Å²) in [5.41, 5.74) is 0.180. The first-order valence-corrected chi connectivity index (χ1v) is 10.1. The highest BCUT2D eigenvalue weighted by Gasteiger charge is 2.32. The second-order valence-electron chi connectivity index (χ2n) is 7.15. The number of nitrogens with one attached hydrogen (secondary N) is 1. The summed E-state index contributed by atoms with van der Waals surface area (Å²) in [5, 5.41) is 3.28. The van der Waals surface area contributed by atoms with Crippen molar-refractivity contribution in [3.63, 3.8) is 0 Å². The number of carbonyl (C=O) groups excluding carboxylic acids is 1. The summed E-state index contributed by atoms with van der Waals surface area (Å²) >= 11 is 1.45. The summed E-state index contributed by atoms with van der Waals surface area (Å²) in [6, 6.07) is 5.45. The number of ether oxygens (including phenoxy) is 1. The average molecular weight is 428 g/mol. The van der Waals surface area contributed by atoms with Crippen molar-refractivity contribution in [3.05, 3.63) is 34.8 Å². The molecule has 2 heterocycles. The molecule has 0 aliphatic carbocycles. The molecule has 0 bridgehead atoms. The summed E-state index contributed by atoms with van der Waals surface area (Å²) in [6.07, 6.45) is -4.85. The minimum atomic E-state index is -4.85. The summed E-state index contributed by atoms with van der Waals surface area (Å²) in [5.74, 6) is -0.964. The van der Waals surface area contributed by atoms with Gasteiger partial charge in [-0.2, -0.15) is 0 Å². The number of rotatable bonds is 5. The molecule has 158 valence electrons. The van der Waals surface area contributed by atoms with Crippen molar-refractivity contribution in [1.82, 2.24) is 9.88 Å². The molecule has 1 aromatic heterocycles. The van der Waals surface area contributed by atoms with Crippen LogP contribution in [0.2, 0.25) is 0 Å². The molecule has 3 rings (SSSR count). The number of nitrogens with zero attached hydrogens (tertiary/aromatic N) is 3. The SMILES string of the molecule is CC(C)c1sc(N2CCN(C)CC2)nc1C(=O)Nc1ccccc1OC(F)(F)F. The van der Waals surface area contributed by atoms with Crippen LogP contribution in [0.25, 0.3) is 0 Å². The van der Waals surface area contributed by atoms with Crippen LogP contribution in [0, 0.1) is 0 Å². The minimum Gasteiger partial charge on any atom is -0.404 e. The molecule has 2 aromatic rings. The number of amides is 1. The maximum atomic E-state index is 12.9. The highest BCUT2D eigenvalue weighted by molar-refractivity contribution is 7.16. The molecule has 1 saturated heterocycles. The van der Waals surface area contributed by atoms with Crippen molar-refractivity contribution >= 4 is 28.1 Å². The lowest BCUT2D eigenvalue weighted by Gasteiger charge is -2.32. The first-order valence-electron chi connectivity index (χ1n) is 9.24.